The third-order valence-corrected chi connectivity index (χ3v) is 3.24. The highest BCUT2D eigenvalue weighted by Crippen LogP contribution is 2.03. The van der Waals surface area contributed by atoms with E-state index in [1.54, 1.807) is 13.0 Å². The van der Waals surface area contributed by atoms with Crippen LogP contribution in [0.5, 0.6) is 0 Å². The van der Waals surface area contributed by atoms with Crippen LogP contribution in [0.25, 0.3) is 0 Å². The van der Waals surface area contributed by atoms with Crippen LogP contribution in [-0.4, -0.2) is 11.2 Å². The molecule has 0 unspecified atom stereocenters. The number of unbranched alkanes of at least 4 members (excludes halogenated alkanes) is 1. The molecule has 0 saturated carbocycles. The highest BCUT2D eigenvalue weighted by atomic mass is 16.6. The standard InChI is InChI=1S/C22H29NO3/c1-2-22(23(25)26)20-18-16-14-12-10-8-6-4-3-5-7-9-11-13-15-17-19-21-24/h3-10,13-16,20-21H,2,11-12,17-19H2,1H3/b5-3+,6-4+,9-7+,10-8+,15-13+,16-14+,22-20-. The van der Waals surface area contributed by atoms with Gasteiger partial charge in [-0.2, -0.15) is 0 Å². The van der Waals surface area contributed by atoms with Crippen LogP contribution in [0.4, 0.5) is 0 Å². The summed E-state index contributed by atoms with van der Waals surface area (Å²) in [5.41, 5.74) is 0.267. The molecule has 0 radical (unpaired) electrons. The average Bonchev–Trinajstić information content (AvgIpc) is 2.63. The Morgan fingerprint density at radius 2 is 1.31 bits per heavy atom. The van der Waals surface area contributed by atoms with Gasteiger partial charge in [-0.25, -0.2) is 0 Å². The molecular formula is C22H29NO3. The first kappa shape index (κ1) is 23.2. The first-order valence-corrected chi connectivity index (χ1v) is 8.94. The maximum Gasteiger partial charge on any atom is 0.242 e. The van der Waals surface area contributed by atoms with Gasteiger partial charge in [0.2, 0.25) is 5.70 Å². The molecular weight excluding hydrogens is 326 g/mol. The molecule has 0 saturated heterocycles. The maximum atomic E-state index is 10.6. The lowest BCUT2D eigenvalue weighted by atomic mass is 10.2. The van der Waals surface area contributed by atoms with Crippen molar-refractivity contribution >= 4 is 6.29 Å². The topological polar surface area (TPSA) is 60.2 Å². The van der Waals surface area contributed by atoms with Crippen LogP contribution in [0, 0.1) is 10.1 Å². The van der Waals surface area contributed by atoms with Crippen molar-refractivity contribution in [2.24, 2.45) is 0 Å². The molecule has 0 aliphatic heterocycles. The van der Waals surface area contributed by atoms with E-state index in [2.05, 4.69) is 12.2 Å². The first-order chi connectivity index (χ1) is 12.7. The fraction of sp³-hybridized carbons (Fsp3) is 0.318. The van der Waals surface area contributed by atoms with Crippen molar-refractivity contribution in [1.82, 2.24) is 0 Å². The van der Waals surface area contributed by atoms with Gasteiger partial charge in [0.25, 0.3) is 0 Å². The van der Waals surface area contributed by atoms with Gasteiger partial charge in [-0.3, -0.25) is 10.1 Å². The van der Waals surface area contributed by atoms with Gasteiger partial charge in [-0.15, -0.1) is 0 Å². The minimum Gasteiger partial charge on any atom is -0.303 e. The Labute approximate surface area is 156 Å². The van der Waals surface area contributed by atoms with Gasteiger partial charge in [0.1, 0.15) is 6.29 Å². The number of aldehydes is 1. The van der Waals surface area contributed by atoms with Crippen LogP contribution in [0.15, 0.2) is 84.7 Å². The van der Waals surface area contributed by atoms with Crippen LogP contribution < -0.4 is 0 Å². The summed E-state index contributed by atoms with van der Waals surface area (Å²) >= 11 is 0. The van der Waals surface area contributed by atoms with Gasteiger partial charge < -0.3 is 4.79 Å². The molecule has 0 aliphatic carbocycles. The second-order valence-corrected chi connectivity index (χ2v) is 5.33. The summed E-state index contributed by atoms with van der Waals surface area (Å²) in [7, 11) is 0. The third-order valence-electron chi connectivity index (χ3n) is 3.24. The molecule has 0 bridgehead atoms. The van der Waals surface area contributed by atoms with Crippen LogP contribution in [0.3, 0.4) is 0 Å². The summed E-state index contributed by atoms with van der Waals surface area (Å²) < 4.78 is 0. The number of hydrogen-bond donors (Lipinski definition) is 0. The van der Waals surface area contributed by atoms with Crippen molar-refractivity contribution < 1.29 is 9.72 Å². The lowest BCUT2D eigenvalue weighted by Gasteiger charge is -1.91. The van der Waals surface area contributed by atoms with Gasteiger partial charge in [-0.1, -0.05) is 79.8 Å². The van der Waals surface area contributed by atoms with Gasteiger partial charge >= 0.3 is 0 Å². The van der Waals surface area contributed by atoms with Crippen LogP contribution in [-0.2, 0) is 4.79 Å². The molecule has 4 heteroatoms. The molecule has 0 fully saturated rings. The molecule has 0 spiro atoms. The van der Waals surface area contributed by atoms with Crippen molar-refractivity contribution in [2.45, 2.75) is 45.4 Å². The molecule has 0 rings (SSSR count). The van der Waals surface area contributed by atoms with Crippen molar-refractivity contribution in [3.05, 3.63) is 94.8 Å². The molecule has 0 amide bonds. The molecule has 0 atom stereocenters. The zero-order valence-electron chi connectivity index (χ0n) is 15.5. The Bertz CT molecular complexity index is 591. The number of hydrogen-bond acceptors (Lipinski definition) is 3. The van der Waals surface area contributed by atoms with Gasteiger partial charge in [-0.05, 0) is 31.8 Å². The quantitative estimate of drug-likeness (QED) is 0.0952. The summed E-state index contributed by atoms with van der Waals surface area (Å²) in [5.74, 6) is 0. The highest BCUT2D eigenvalue weighted by molar-refractivity contribution is 5.49. The fourth-order valence-electron chi connectivity index (χ4n) is 1.85. The van der Waals surface area contributed by atoms with Crippen LogP contribution in [0.1, 0.15) is 45.4 Å². The highest BCUT2D eigenvalue weighted by Gasteiger charge is 2.03. The minimum atomic E-state index is -0.325. The Morgan fingerprint density at radius 1 is 0.769 bits per heavy atom. The van der Waals surface area contributed by atoms with Crippen molar-refractivity contribution in [3.8, 4) is 0 Å². The average molecular weight is 355 g/mol. The predicted octanol–water partition coefficient (Wildman–Crippen LogP) is 6.04. The Balaban J connectivity index is 3.84. The lowest BCUT2D eigenvalue weighted by molar-refractivity contribution is -0.427. The van der Waals surface area contributed by atoms with E-state index >= 15 is 0 Å². The molecule has 0 aromatic carbocycles. The van der Waals surface area contributed by atoms with Gasteiger partial charge in [0, 0.05) is 12.8 Å². The van der Waals surface area contributed by atoms with E-state index in [1.165, 1.54) is 0 Å². The van der Waals surface area contributed by atoms with Crippen LogP contribution >= 0.6 is 0 Å². The van der Waals surface area contributed by atoms with E-state index in [-0.39, 0.29) is 10.6 Å². The number of nitro groups is 1. The van der Waals surface area contributed by atoms with E-state index < -0.39 is 0 Å². The Morgan fingerprint density at radius 3 is 1.85 bits per heavy atom. The Kier molecular flexibility index (Phi) is 16.6. The number of allylic oxidation sites excluding steroid dienone is 14. The maximum absolute atomic E-state index is 10.6. The largest absolute Gasteiger partial charge is 0.303 e. The second kappa shape index (κ2) is 18.6. The molecule has 4 nitrogen and oxygen atoms in total. The summed E-state index contributed by atoms with van der Waals surface area (Å²) in [6.45, 7) is 1.78. The monoisotopic (exact) mass is 355 g/mol. The molecule has 0 aromatic heterocycles. The van der Waals surface area contributed by atoms with Crippen molar-refractivity contribution in [2.75, 3.05) is 0 Å². The first-order valence-electron chi connectivity index (χ1n) is 8.94. The predicted molar refractivity (Wildman–Crippen MR) is 109 cm³/mol. The zero-order chi connectivity index (χ0) is 19.3. The fourth-order valence-corrected chi connectivity index (χ4v) is 1.85. The summed E-state index contributed by atoms with van der Waals surface area (Å²) in [6.07, 6.45) is 30.6. The van der Waals surface area contributed by atoms with E-state index in [0.717, 1.165) is 25.5 Å². The molecule has 140 valence electrons. The smallest absolute Gasteiger partial charge is 0.242 e. The number of rotatable bonds is 14. The third kappa shape index (κ3) is 16.1. The molecule has 0 N–H and O–H groups in total. The van der Waals surface area contributed by atoms with Crippen LogP contribution in [0.2, 0.25) is 0 Å². The molecule has 0 heterocycles. The number of carbonyl (C=O) groups excluding carboxylic acids is 1. The molecule has 26 heavy (non-hydrogen) atoms. The van der Waals surface area contributed by atoms with E-state index in [0.29, 0.717) is 19.3 Å². The molecule has 0 aromatic rings. The van der Waals surface area contributed by atoms with Gasteiger partial charge in [0.05, 0.1) is 4.92 Å². The SMILES string of the molecule is CC/C(=C/C/C=C/C/C=C/C=C/C=C/C=C/C/C=C/CCC=O)[N+](=O)[O-]. The van der Waals surface area contributed by atoms with E-state index in [1.807, 2.05) is 60.8 Å². The molecule has 0 aliphatic rings. The van der Waals surface area contributed by atoms with Crippen molar-refractivity contribution in [3.63, 3.8) is 0 Å². The lowest BCUT2D eigenvalue weighted by Crippen LogP contribution is -1.96. The summed E-state index contributed by atoms with van der Waals surface area (Å²) in [4.78, 5) is 20.4. The van der Waals surface area contributed by atoms with Crippen molar-refractivity contribution in [1.29, 1.82) is 0 Å². The second-order valence-electron chi connectivity index (χ2n) is 5.33. The normalized spacial score (nSPS) is 13.5. The summed E-state index contributed by atoms with van der Waals surface area (Å²) in [5, 5.41) is 10.6. The number of carbonyl (C=O) groups is 1. The zero-order valence-corrected chi connectivity index (χ0v) is 15.5. The summed E-state index contributed by atoms with van der Waals surface area (Å²) in [6, 6.07) is 0. The van der Waals surface area contributed by atoms with Gasteiger partial charge in [0.15, 0.2) is 0 Å². The van der Waals surface area contributed by atoms with E-state index in [4.69, 9.17) is 0 Å². The Hall–Kier alpha value is -2.75. The van der Waals surface area contributed by atoms with E-state index in [9.17, 15) is 14.9 Å². The number of nitrogens with zero attached hydrogens (tertiary/aromatic N) is 1. The minimum absolute atomic E-state index is 0.267.